The highest BCUT2D eigenvalue weighted by molar-refractivity contribution is 4.74. The minimum Gasteiger partial charge on any atom is -0.329 e. The predicted octanol–water partition coefficient (Wildman–Crippen LogP) is -2.48. The van der Waals surface area contributed by atoms with Gasteiger partial charge in [-0.1, -0.05) is 0 Å². The number of nitrogens with one attached hydrogen (secondary N) is 2. The van der Waals surface area contributed by atoms with Gasteiger partial charge < -0.3 is 33.6 Å². The molecule has 0 spiro atoms. The topological polar surface area (TPSA) is 128 Å². The third-order valence-electron chi connectivity index (χ3n) is 2.59. The molecule has 0 heterocycles. The predicted molar refractivity (Wildman–Crippen MR) is 69.0 cm³/mol. The maximum Gasteiger partial charge on any atom is 0.0191 e. The first-order valence-electron chi connectivity index (χ1n) is 6.05. The van der Waals surface area contributed by atoms with Gasteiger partial charge in [0.05, 0.1) is 0 Å². The third kappa shape index (κ3) is 7.98. The molecule has 0 aromatic heterocycles. The quantitative estimate of drug-likeness (QED) is 0.234. The van der Waals surface area contributed by atoms with E-state index in [9.17, 15) is 0 Å². The van der Waals surface area contributed by atoms with Crippen LogP contribution in [0, 0.1) is 0 Å². The normalized spacial score (nSPS) is 15.0. The fraction of sp³-hybridized carbons (Fsp3) is 1.00. The molecule has 10 N–H and O–H groups in total. The third-order valence-corrected chi connectivity index (χ3v) is 2.59. The molecule has 2 unspecified atom stereocenters. The lowest BCUT2D eigenvalue weighted by Crippen LogP contribution is -2.43. The van der Waals surface area contributed by atoms with Gasteiger partial charge in [0.25, 0.3) is 0 Å². The Labute approximate surface area is 98.5 Å². The minimum absolute atomic E-state index is 0.331. The van der Waals surface area contributed by atoms with Gasteiger partial charge in [-0.25, -0.2) is 0 Å². The molecule has 0 aliphatic heterocycles. The van der Waals surface area contributed by atoms with Crippen LogP contribution in [0.5, 0.6) is 0 Å². The monoisotopic (exact) mass is 232 g/mol. The van der Waals surface area contributed by atoms with E-state index in [-0.39, 0.29) is 0 Å². The van der Waals surface area contributed by atoms with Crippen molar-refractivity contribution < 1.29 is 0 Å². The van der Waals surface area contributed by atoms with Crippen molar-refractivity contribution in [2.45, 2.75) is 24.9 Å². The van der Waals surface area contributed by atoms with Gasteiger partial charge in [0.2, 0.25) is 0 Å². The van der Waals surface area contributed by atoms with Crippen molar-refractivity contribution in [2.24, 2.45) is 22.9 Å². The van der Waals surface area contributed by atoms with Crippen LogP contribution in [0.1, 0.15) is 12.8 Å². The van der Waals surface area contributed by atoms with E-state index in [4.69, 9.17) is 22.9 Å². The van der Waals surface area contributed by atoms with Crippen LogP contribution in [0.15, 0.2) is 0 Å². The van der Waals surface area contributed by atoms with Crippen LogP contribution in [0.4, 0.5) is 0 Å². The van der Waals surface area contributed by atoms with Gasteiger partial charge in [-0.05, 0) is 12.8 Å². The summed E-state index contributed by atoms with van der Waals surface area (Å²) >= 11 is 0. The number of hydrogen-bond donors (Lipinski definition) is 6. The highest BCUT2D eigenvalue weighted by atomic mass is 15.0. The van der Waals surface area contributed by atoms with Crippen LogP contribution in [0.25, 0.3) is 0 Å². The van der Waals surface area contributed by atoms with Gasteiger partial charge in [0.15, 0.2) is 0 Å². The smallest absolute Gasteiger partial charge is 0.0191 e. The molecule has 2 atom stereocenters. The molecular formula is C10H28N6. The fourth-order valence-corrected chi connectivity index (χ4v) is 1.58. The van der Waals surface area contributed by atoms with Crippen molar-refractivity contribution in [3.63, 3.8) is 0 Å². The molecule has 16 heavy (non-hydrogen) atoms. The van der Waals surface area contributed by atoms with Crippen LogP contribution in [0.3, 0.4) is 0 Å². The molecule has 6 heteroatoms. The van der Waals surface area contributed by atoms with Crippen molar-refractivity contribution >= 4 is 0 Å². The van der Waals surface area contributed by atoms with E-state index < -0.39 is 0 Å². The maximum atomic E-state index is 5.67. The summed E-state index contributed by atoms with van der Waals surface area (Å²) in [4.78, 5) is 0. The summed E-state index contributed by atoms with van der Waals surface area (Å²) in [5.74, 6) is 0. The van der Waals surface area contributed by atoms with Crippen molar-refractivity contribution in [1.29, 1.82) is 0 Å². The van der Waals surface area contributed by atoms with E-state index in [1.165, 1.54) is 0 Å². The van der Waals surface area contributed by atoms with Crippen LogP contribution in [-0.2, 0) is 0 Å². The van der Waals surface area contributed by atoms with Crippen molar-refractivity contribution in [1.82, 2.24) is 10.6 Å². The minimum atomic E-state index is 0.331. The Hall–Kier alpha value is -0.240. The summed E-state index contributed by atoms with van der Waals surface area (Å²) in [6.45, 7) is 4.17. The summed E-state index contributed by atoms with van der Waals surface area (Å²) in [6, 6.07) is 0.662. The maximum absolute atomic E-state index is 5.67. The molecule has 0 saturated carbocycles. The first-order valence-corrected chi connectivity index (χ1v) is 6.05. The van der Waals surface area contributed by atoms with Gasteiger partial charge in [-0.15, -0.1) is 0 Å². The van der Waals surface area contributed by atoms with Crippen molar-refractivity contribution in [3.8, 4) is 0 Å². The number of rotatable bonds is 11. The van der Waals surface area contributed by atoms with E-state index in [0.29, 0.717) is 38.3 Å². The molecule has 0 aliphatic rings. The highest BCUT2D eigenvalue weighted by Gasteiger charge is 2.10. The lowest BCUT2D eigenvalue weighted by molar-refractivity contribution is 0.418. The SMILES string of the molecule is NCCNC(CN)CCC(CN)NCCN. The molecule has 98 valence electrons. The molecule has 0 radical (unpaired) electrons. The first-order chi connectivity index (χ1) is 7.78. The number of hydrogen-bond acceptors (Lipinski definition) is 6. The summed E-state index contributed by atoms with van der Waals surface area (Å²) in [6.07, 6.45) is 2.02. The summed E-state index contributed by atoms with van der Waals surface area (Å²) in [5, 5.41) is 6.62. The molecule has 0 saturated heterocycles. The molecule has 0 rings (SSSR count). The Morgan fingerprint density at radius 2 is 1.06 bits per heavy atom. The summed E-state index contributed by atoms with van der Waals surface area (Å²) in [7, 11) is 0. The Balaban J connectivity index is 3.69. The number of nitrogens with two attached hydrogens (primary N) is 4. The second-order valence-electron chi connectivity index (χ2n) is 3.93. The molecule has 0 aromatic carbocycles. The van der Waals surface area contributed by atoms with E-state index in [2.05, 4.69) is 10.6 Å². The second-order valence-corrected chi connectivity index (χ2v) is 3.93. The van der Waals surface area contributed by atoms with Gasteiger partial charge in [0, 0.05) is 51.4 Å². The molecule has 0 aliphatic carbocycles. The molecule has 0 bridgehead atoms. The highest BCUT2D eigenvalue weighted by Crippen LogP contribution is 2.00. The van der Waals surface area contributed by atoms with Crippen molar-refractivity contribution in [3.05, 3.63) is 0 Å². The Bertz CT molecular complexity index is 127. The van der Waals surface area contributed by atoms with Crippen LogP contribution < -0.4 is 33.6 Å². The van der Waals surface area contributed by atoms with E-state index in [1.807, 2.05) is 0 Å². The fourth-order valence-electron chi connectivity index (χ4n) is 1.58. The zero-order valence-corrected chi connectivity index (χ0v) is 10.1. The van der Waals surface area contributed by atoms with Gasteiger partial charge in [-0.3, -0.25) is 0 Å². The van der Waals surface area contributed by atoms with Gasteiger partial charge in [0.1, 0.15) is 0 Å². The summed E-state index contributed by atoms with van der Waals surface area (Å²) in [5.41, 5.74) is 22.2. The Morgan fingerprint density at radius 1 is 0.688 bits per heavy atom. The molecular weight excluding hydrogens is 204 g/mol. The molecule has 0 fully saturated rings. The zero-order chi connectivity index (χ0) is 12.2. The van der Waals surface area contributed by atoms with E-state index >= 15 is 0 Å². The Morgan fingerprint density at radius 3 is 1.31 bits per heavy atom. The first kappa shape index (κ1) is 15.8. The van der Waals surface area contributed by atoms with E-state index in [0.717, 1.165) is 25.9 Å². The summed E-state index contributed by atoms with van der Waals surface area (Å²) < 4.78 is 0. The zero-order valence-electron chi connectivity index (χ0n) is 10.1. The van der Waals surface area contributed by atoms with E-state index in [1.54, 1.807) is 0 Å². The average Bonchev–Trinajstić information content (AvgIpc) is 2.33. The molecule has 0 amide bonds. The Kier molecular flexibility index (Phi) is 11.1. The second kappa shape index (κ2) is 11.3. The van der Waals surface area contributed by atoms with Gasteiger partial charge in [-0.2, -0.15) is 0 Å². The molecule has 6 nitrogen and oxygen atoms in total. The van der Waals surface area contributed by atoms with Crippen LogP contribution in [-0.4, -0.2) is 51.4 Å². The lowest BCUT2D eigenvalue weighted by Gasteiger charge is -2.21. The lowest BCUT2D eigenvalue weighted by atomic mass is 10.1. The average molecular weight is 232 g/mol. The van der Waals surface area contributed by atoms with Crippen LogP contribution in [0.2, 0.25) is 0 Å². The standard InChI is InChI=1S/C10H28N6/c11-3-5-15-9(7-13)1-2-10(8-14)16-6-4-12/h9-10,15-16H,1-8,11-14H2. The largest absolute Gasteiger partial charge is 0.329 e. The van der Waals surface area contributed by atoms with Crippen molar-refractivity contribution in [2.75, 3.05) is 39.3 Å². The van der Waals surface area contributed by atoms with Crippen LogP contribution >= 0.6 is 0 Å². The molecule has 0 aromatic rings. The van der Waals surface area contributed by atoms with Gasteiger partial charge >= 0.3 is 0 Å².